The molecule has 1 aliphatic rings. The molecule has 1 rings (SSSR count). The molecule has 0 amide bonds. The molecular weight excluding hydrogens is 128 g/mol. The maximum atomic E-state index is 8.89. The molecule has 1 N–H and O–H groups in total. The van der Waals surface area contributed by atoms with E-state index in [1.807, 2.05) is 26.8 Å². The van der Waals surface area contributed by atoms with E-state index in [1.54, 1.807) is 0 Å². The zero-order valence-corrected chi connectivity index (χ0v) is 6.72. The van der Waals surface area contributed by atoms with Crippen molar-refractivity contribution in [2.75, 3.05) is 6.61 Å². The summed E-state index contributed by atoms with van der Waals surface area (Å²) in [6.07, 6.45) is 2.15. The van der Waals surface area contributed by atoms with E-state index in [0.717, 1.165) is 0 Å². The van der Waals surface area contributed by atoms with Gasteiger partial charge in [-0.25, -0.2) is 0 Å². The zero-order chi connectivity index (χ0) is 7.78. The first-order valence-electron chi connectivity index (χ1n) is 3.55. The predicted molar refractivity (Wildman–Crippen MR) is 39.8 cm³/mol. The summed E-state index contributed by atoms with van der Waals surface area (Å²) < 4.78 is 5.47. The van der Waals surface area contributed by atoms with Gasteiger partial charge in [0.25, 0.3) is 0 Å². The normalized spacial score (nSPS) is 40.0. The van der Waals surface area contributed by atoms with Crippen molar-refractivity contribution in [3.63, 3.8) is 0 Å². The minimum Gasteiger partial charge on any atom is -0.393 e. The first kappa shape index (κ1) is 7.76. The minimum atomic E-state index is -0.427. The fraction of sp³-hybridized carbons (Fsp3) is 0.750. The quantitative estimate of drug-likeness (QED) is 0.555. The molecule has 0 aromatic rings. The zero-order valence-electron chi connectivity index (χ0n) is 6.72. The van der Waals surface area contributed by atoms with Crippen LogP contribution in [0, 0.1) is 0 Å². The van der Waals surface area contributed by atoms with Crippen LogP contribution in [0.1, 0.15) is 20.8 Å². The van der Waals surface area contributed by atoms with Gasteiger partial charge in [-0.05, 0) is 32.4 Å². The van der Waals surface area contributed by atoms with E-state index in [0.29, 0.717) is 0 Å². The third kappa shape index (κ3) is 1.22. The van der Waals surface area contributed by atoms with E-state index in [2.05, 4.69) is 0 Å². The SMILES string of the molecule is CC1=C[C@](C)(CO)O[C@@H]1C. The molecule has 0 aromatic carbocycles. The van der Waals surface area contributed by atoms with E-state index in [4.69, 9.17) is 9.84 Å². The Morgan fingerprint density at radius 3 is 2.60 bits per heavy atom. The molecule has 2 nitrogen and oxygen atoms in total. The first-order chi connectivity index (χ1) is 4.57. The number of hydrogen-bond donors (Lipinski definition) is 1. The minimum absolute atomic E-state index is 0.0642. The number of aliphatic hydroxyl groups excluding tert-OH is 1. The van der Waals surface area contributed by atoms with Crippen molar-refractivity contribution in [1.82, 2.24) is 0 Å². The number of ether oxygens (including phenoxy) is 1. The highest BCUT2D eigenvalue weighted by Crippen LogP contribution is 2.27. The van der Waals surface area contributed by atoms with E-state index in [9.17, 15) is 0 Å². The molecule has 1 heterocycles. The van der Waals surface area contributed by atoms with Crippen LogP contribution in [0.15, 0.2) is 11.6 Å². The molecule has 0 spiro atoms. The second kappa shape index (κ2) is 2.36. The molecule has 2 atom stereocenters. The molecule has 0 radical (unpaired) electrons. The molecule has 0 bridgehead atoms. The van der Waals surface area contributed by atoms with Crippen LogP contribution >= 0.6 is 0 Å². The molecule has 2 heteroatoms. The third-order valence-corrected chi connectivity index (χ3v) is 1.93. The van der Waals surface area contributed by atoms with Crippen LogP contribution < -0.4 is 0 Å². The van der Waals surface area contributed by atoms with Crippen LogP contribution in [0.2, 0.25) is 0 Å². The van der Waals surface area contributed by atoms with Gasteiger partial charge in [-0.2, -0.15) is 0 Å². The van der Waals surface area contributed by atoms with Gasteiger partial charge >= 0.3 is 0 Å². The predicted octanol–water partition coefficient (Wildman–Crippen LogP) is 1.10. The molecule has 1 aliphatic heterocycles. The van der Waals surface area contributed by atoms with Crippen LogP contribution in [-0.4, -0.2) is 23.4 Å². The standard InChI is InChI=1S/C8H14O2/c1-6-4-8(3,5-9)10-7(6)2/h4,7,9H,5H2,1-3H3/t7-,8-/m1/s1. The van der Waals surface area contributed by atoms with E-state index < -0.39 is 5.60 Å². The van der Waals surface area contributed by atoms with E-state index >= 15 is 0 Å². The lowest BCUT2D eigenvalue weighted by Crippen LogP contribution is -2.28. The average molecular weight is 142 g/mol. The molecule has 0 fully saturated rings. The monoisotopic (exact) mass is 142 g/mol. The number of rotatable bonds is 1. The Labute approximate surface area is 61.5 Å². The van der Waals surface area contributed by atoms with Crippen molar-refractivity contribution in [2.45, 2.75) is 32.5 Å². The second-order valence-corrected chi connectivity index (χ2v) is 3.12. The van der Waals surface area contributed by atoms with Crippen molar-refractivity contribution in [3.8, 4) is 0 Å². The average Bonchev–Trinajstić information content (AvgIpc) is 2.10. The van der Waals surface area contributed by atoms with Crippen LogP contribution in [0.25, 0.3) is 0 Å². The summed E-state index contributed by atoms with van der Waals surface area (Å²) in [5, 5.41) is 8.89. The van der Waals surface area contributed by atoms with Gasteiger partial charge in [-0.3, -0.25) is 0 Å². The van der Waals surface area contributed by atoms with Gasteiger partial charge in [-0.1, -0.05) is 0 Å². The van der Waals surface area contributed by atoms with E-state index in [1.165, 1.54) is 5.57 Å². The largest absolute Gasteiger partial charge is 0.393 e. The fourth-order valence-corrected chi connectivity index (χ4v) is 1.21. The Morgan fingerprint density at radius 2 is 2.40 bits per heavy atom. The lowest BCUT2D eigenvalue weighted by atomic mass is 10.1. The van der Waals surface area contributed by atoms with Gasteiger partial charge in [-0.15, -0.1) is 0 Å². The Hall–Kier alpha value is -0.340. The summed E-state index contributed by atoms with van der Waals surface area (Å²) in [4.78, 5) is 0. The highest BCUT2D eigenvalue weighted by Gasteiger charge is 2.30. The van der Waals surface area contributed by atoms with Gasteiger partial charge < -0.3 is 9.84 Å². The summed E-state index contributed by atoms with van der Waals surface area (Å²) in [6, 6.07) is 0. The maximum absolute atomic E-state index is 8.89. The maximum Gasteiger partial charge on any atom is 0.108 e. The Balaban J connectivity index is 2.72. The van der Waals surface area contributed by atoms with Crippen molar-refractivity contribution >= 4 is 0 Å². The van der Waals surface area contributed by atoms with Crippen molar-refractivity contribution in [2.24, 2.45) is 0 Å². The fourth-order valence-electron chi connectivity index (χ4n) is 1.21. The van der Waals surface area contributed by atoms with Gasteiger partial charge in [0, 0.05) is 0 Å². The molecule has 0 unspecified atom stereocenters. The van der Waals surface area contributed by atoms with Crippen LogP contribution in [0.4, 0.5) is 0 Å². The van der Waals surface area contributed by atoms with Crippen LogP contribution in [-0.2, 0) is 4.74 Å². The first-order valence-corrected chi connectivity index (χ1v) is 3.55. The molecule has 0 saturated heterocycles. The topological polar surface area (TPSA) is 29.5 Å². The Kier molecular flexibility index (Phi) is 1.84. The summed E-state index contributed by atoms with van der Waals surface area (Å²) in [6.45, 7) is 5.97. The smallest absolute Gasteiger partial charge is 0.108 e. The van der Waals surface area contributed by atoms with Gasteiger partial charge in [0.1, 0.15) is 5.60 Å². The molecule has 10 heavy (non-hydrogen) atoms. The van der Waals surface area contributed by atoms with Crippen molar-refractivity contribution in [1.29, 1.82) is 0 Å². The number of aliphatic hydroxyl groups is 1. The lowest BCUT2D eigenvalue weighted by Gasteiger charge is -2.20. The summed E-state index contributed by atoms with van der Waals surface area (Å²) >= 11 is 0. The number of hydrogen-bond acceptors (Lipinski definition) is 2. The van der Waals surface area contributed by atoms with Crippen molar-refractivity contribution in [3.05, 3.63) is 11.6 Å². The lowest BCUT2D eigenvalue weighted by molar-refractivity contribution is -0.0395. The highest BCUT2D eigenvalue weighted by molar-refractivity contribution is 5.18. The third-order valence-electron chi connectivity index (χ3n) is 1.93. The molecule has 58 valence electrons. The van der Waals surface area contributed by atoms with E-state index in [-0.39, 0.29) is 12.7 Å². The molecule has 0 aromatic heterocycles. The van der Waals surface area contributed by atoms with Crippen LogP contribution in [0.5, 0.6) is 0 Å². The van der Waals surface area contributed by atoms with Gasteiger partial charge in [0.15, 0.2) is 0 Å². The van der Waals surface area contributed by atoms with Crippen LogP contribution in [0.3, 0.4) is 0 Å². The second-order valence-electron chi connectivity index (χ2n) is 3.12. The van der Waals surface area contributed by atoms with Gasteiger partial charge in [0.05, 0.1) is 12.7 Å². The highest BCUT2D eigenvalue weighted by atomic mass is 16.5. The molecular formula is C8H14O2. The van der Waals surface area contributed by atoms with Gasteiger partial charge in [0.2, 0.25) is 0 Å². The molecule has 0 aliphatic carbocycles. The van der Waals surface area contributed by atoms with Crippen molar-refractivity contribution < 1.29 is 9.84 Å². The summed E-state index contributed by atoms with van der Waals surface area (Å²) in [5.41, 5.74) is 0.778. The Morgan fingerprint density at radius 1 is 1.80 bits per heavy atom. The molecule has 0 saturated carbocycles. The Bertz CT molecular complexity index is 163. The summed E-state index contributed by atoms with van der Waals surface area (Å²) in [5.74, 6) is 0. The summed E-state index contributed by atoms with van der Waals surface area (Å²) in [7, 11) is 0.